The van der Waals surface area contributed by atoms with E-state index in [4.69, 9.17) is 4.74 Å². The molecular weight excluding hydrogens is 280 g/mol. The Morgan fingerprint density at radius 3 is 2.64 bits per heavy atom. The van der Waals surface area contributed by atoms with Gasteiger partial charge in [0.25, 0.3) is 0 Å². The quantitative estimate of drug-likeness (QED) is 0.888. The van der Waals surface area contributed by atoms with Crippen molar-refractivity contribution in [2.45, 2.75) is 31.2 Å². The number of ether oxygens (including phenoxy) is 1. The van der Waals surface area contributed by atoms with E-state index < -0.39 is 0 Å². The van der Waals surface area contributed by atoms with E-state index in [0.717, 1.165) is 39.1 Å². The zero-order valence-corrected chi connectivity index (χ0v) is 12.8. The Hall–Kier alpha value is -1.59. The molecule has 2 fully saturated rings. The molecule has 1 aromatic rings. The van der Waals surface area contributed by atoms with Crippen LogP contribution in [0.25, 0.3) is 0 Å². The van der Waals surface area contributed by atoms with E-state index in [0.29, 0.717) is 24.7 Å². The van der Waals surface area contributed by atoms with Gasteiger partial charge < -0.3 is 20.1 Å². The molecule has 3 rings (SSSR count). The zero-order chi connectivity index (χ0) is 15.4. The number of carbonyl (C=O) groups is 1. The third kappa shape index (κ3) is 3.78. The first-order valence-electron chi connectivity index (χ1n) is 8.10. The molecule has 1 atom stereocenters. The highest BCUT2D eigenvalue weighted by Crippen LogP contribution is 2.29. The fourth-order valence-electron chi connectivity index (χ4n) is 3.30. The molecule has 5 heteroatoms. The number of hydrogen-bond acceptors (Lipinski definition) is 4. The molecule has 2 N–H and O–H groups in total. The molecule has 1 aromatic carbocycles. The fourth-order valence-corrected chi connectivity index (χ4v) is 3.30. The first kappa shape index (κ1) is 15.3. The summed E-state index contributed by atoms with van der Waals surface area (Å²) in [5, 5.41) is 12.7. The standard InChI is InChI=1S/C17H24N2O3/c20-16-3-1-13(2-4-16)14-5-8-19(9-6-14)17(21)11-15-12-22-10-7-18-15/h1-4,14-15,18,20H,5-12H2. The predicted octanol–water partition coefficient (Wildman–Crippen LogP) is 1.48. The average Bonchev–Trinajstić information content (AvgIpc) is 2.57. The van der Waals surface area contributed by atoms with Crippen molar-refractivity contribution in [1.29, 1.82) is 0 Å². The monoisotopic (exact) mass is 304 g/mol. The summed E-state index contributed by atoms with van der Waals surface area (Å²) in [7, 11) is 0. The van der Waals surface area contributed by atoms with Gasteiger partial charge in [-0.05, 0) is 36.5 Å². The van der Waals surface area contributed by atoms with Gasteiger partial charge >= 0.3 is 0 Å². The molecule has 0 bridgehead atoms. The second-order valence-corrected chi connectivity index (χ2v) is 6.18. The summed E-state index contributed by atoms with van der Waals surface area (Å²) in [5.41, 5.74) is 1.26. The molecule has 0 spiro atoms. The third-order valence-electron chi connectivity index (χ3n) is 4.63. The zero-order valence-electron chi connectivity index (χ0n) is 12.8. The van der Waals surface area contributed by atoms with Crippen LogP contribution in [0.1, 0.15) is 30.7 Å². The van der Waals surface area contributed by atoms with Crippen molar-refractivity contribution < 1.29 is 14.6 Å². The molecule has 2 saturated heterocycles. The maximum atomic E-state index is 12.4. The van der Waals surface area contributed by atoms with Crippen LogP contribution in [0.5, 0.6) is 5.75 Å². The van der Waals surface area contributed by atoms with Gasteiger partial charge in [-0.3, -0.25) is 4.79 Å². The Kier molecular flexibility index (Phi) is 4.95. The van der Waals surface area contributed by atoms with Crippen molar-refractivity contribution in [3.05, 3.63) is 29.8 Å². The van der Waals surface area contributed by atoms with E-state index in [1.54, 1.807) is 12.1 Å². The fraction of sp³-hybridized carbons (Fsp3) is 0.588. The number of phenolic OH excluding ortho intramolecular Hbond substituents is 1. The minimum Gasteiger partial charge on any atom is -0.508 e. The number of aromatic hydroxyl groups is 1. The van der Waals surface area contributed by atoms with Gasteiger partial charge in [0.15, 0.2) is 0 Å². The van der Waals surface area contributed by atoms with E-state index in [1.165, 1.54) is 5.56 Å². The Morgan fingerprint density at radius 2 is 2.00 bits per heavy atom. The number of likely N-dealkylation sites (tertiary alicyclic amines) is 1. The van der Waals surface area contributed by atoms with E-state index in [-0.39, 0.29) is 11.9 Å². The van der Waals surface area contributed by atoms with Crippen LogP contribution in [0.2, 0.25) is 0 Å². The highest BCUT2D eigenvalue weighted by molar-refractivity contribution is 5.77. The predicted molar refractivity (Wildman–Crippen MR) is 83.9 cm³/mol. The third-order valence-corrected chi connectivity index (χ3v) is 4.63. The minimum atomic E-state index is 0.163. The van der Waals surface area contributed by atoms with Gasteiger partial charge in [-0.2, -0.15) is 0 Å². The van der Waals surface area contributed by atoms with Gasteiger partial charge in [-0.1, -0.05) is 12.1 Å². The Bertz CT molecular complexity index is 489. The Morgan fingerprint density at radius 1 is 1.27 bits per heavy atom. The van der Waals surface area contributed by atoms with E-state index in [1.807, 2.05) is 17.0 Å². The highest BCUT2D eigenvalue weighted by atomic mass is 16.5. The van der Waals surface area contributed by atoms with Gasteiger partial charge in [0.05, 0.1) is 13.2 Å². The first-order valence-corrected chi connectivity index (χ1v) is 8.10. The maximum absolute atomic E-state index is 12.4. The van der Waals surface area contributed by atoms with Gasteiger partial charge in [0.1, 0.15) is 5.75 Å². The topological polar surface area (TPSA) is 61.8 Å². The molecule has 2 aliphatic heterocycles. The van der Waals surface area contributed by atoms with Crippen molar-refractivity contribution in [2.75, 3.05) is 32.8 Å². The van der Waals surface area contributed by atoms with Crippen molar-refractivity contribution in [3.8, 4) is 5.75 Å². The number of carbonyl (C=O) groups excluding carboxylic acids is 1. The molecule has 0 aliphatic carbocycles. The van der Waals surface area contributed by atoms with Crippen LogP contribution >= 0.6 is 0 Å². The molecule has 120 valence electrons. The van der Waals surface area contributed by atoms with Gasteiger partial charge in [0, 0.05) is 32.1 Å². The molecule has 0 saturated carbocycles. The Balaban J connectivity index is 1.48. The molecule has 1 unspecified atom stereocenters. The number of phenols is 1. The van der Waals surface area contributed by atoms with Crippen molar-refractivity contribution in [2.24, 2.45) is 0 Å². The second kappa shape index (κ2) is 7.11. The van der Waals surface area contributed by atoms with Crippen molar-refractivity contribution in [1.82, 2.24) is 10.2 Å². The van der Waals surface area contributed by atoms with Crippen LogP contribution in [0.15, 0.2) is 24.3 Å². The van der Waals surface area contributed by atoms with Gasteiger partial charge in [-0.15, -0.1) is 0 Å². The molecule has 2 aliphatic rings. The minimum absolute atomic E-state index is 0.163. The summed E-state index contributed by atoms with van der Waals surface area (Å²) in [6, 6.07) is 7.61. The van der Waals surface area contributed by atoms with Crippen molar-refractivity contribution in [3.63, 3.8) is 0 Å². The molecule has 5 nitrogen and oxygen atoms in total. The van der Waals surface area contributed by atoms with Crippen LogP contribution in [-0.4, -0.2) is 54.8 Å². The molecule has 2 heterocycles. The van der Waals surface area contributed by atoms with Crippen LogP contribution in [0.4, 0.5) is 0 Å². The summed E-state index contributed by atoms with van der Waals surface area (Å²) < 4.78 is 5.40. The summed E-state index contributed by atoms with van der Waals surface area (Å²) in [5.74, 6) is 1.02. The van der Waals surface area contributed by atoms with Crippen LogP contribution in [0, 0.1) is 0 Å². The lowest BCUT2D eigenvalue weighted by Crippen LogP contribution is -2.46. The number of benzene rings is 1. The van der Waals surface area contributed by atoms with Crippen LogP contribution < -0.4 is 5.32 Å². The van der Waals surface area contributed by atoms with Gasteiger partial charge in [-0.25, -0.2) is 0 Å². The molecule has 22 heavy (non-hydrogen) atoms. The largest absolute Gasteiger partial charge is 0.508 e. The van der Waals surface area contributed by atoms with Crippen molar-refractivity contribution >= 4 is 5.91 Å². The summed E-state index contributed by atoms with van der Waals surface area (Å²) in [4.78, 5) is 14.3. The number of rotatable bonds is 3. The second-order valence-electron chi connectivity index (χ2n) is 6.18. The number of nitrogens with one attached hydrogen (secondary N) is 1. The lowest BCUT2D eigenvalue weighted by molar-refractivity contribution is -0.133. The van der Waals surface area contributed by atoms with E-state index in [2.05, 4.69) is 5.32 Å². The average molecular weight is 304 g/mol. The summed E-state index contributed by atoms with van der Waals surface area (Å²) in [6.07, 6.45) is 2.51. The van der Waals surface area contributed by atoms with Crippen LogP contribution in [-0.2, 0) is 9.53 Å². The lowest BCUT2D eigenvalue weighted by atomic mass is 9.89. The number of amides is 1. The summed E-state index contributed by atoms with van der Waals surface area (Å²) in [6.45, 7) is 3.84. The number of hydrogen-bond donors (Lipinski definition) is 2. The molecule has 1 amide bonds. The number of morpholine rings is 1. The molecule has 0 radical (unpaired) electrons. The smallest absolute Gasteiger partial charge is 0.224 e. The maximum Gasteiger partial charge on any atom is 0.224 e. The van der Waals surface area contributed by atoms with Gasteiger partial charge in [0.2, 0.25) is 5.91 Å². The molecular formula is C17H24N2O3. The highest BCUT2D eigenvalue weighted by Gasteiger charge is 2.26. The van der Waals surface area contributed by atoms with Crippen LogP contribution in [0.3, 0.4) is 0 Å². The Labute approximate surface area is 131 Å². The lowest BCUT2D eigenvalue weighted by Gasteiger charge is -2.33. The normalized spacial score (nSPS) is 23.5. The molecule has 0 aromatic heterocycles. The van der Waals surface area contributed by atoms with E-state index in [9.17, 15) is 9.90 Å². The SMILES string of the molecule is O=C(CC1COCCN1)N1CCC(c2ccc(O)cc2)CC1. The van der Waals surface area contributed by atoms with E-state index >= 15 is 0 Å². The number of nitrogens with zero attached hydrogens (tertiary/aromatic N) is 1. The number of piperidine rings is 1. The summed E-state index contributed by atoms with van der Waals surface area (Å²) >= 11 is 0. The first-order chi connectivity index (χ1) is 10.7.